The van der Waals surface area contributed by atoms with Crippen LogP contribution in [0.3, 0.4) is 0 Å². The van der Waals surface area contributed by atoms with Gasteiger partial charge < -0.3 is 43.1 Å². The van der Waals surface area contributed by atoms with Crippen molar-refractivity contribution in [3.05, 3.63) is 0 Å². The molecule has 0 atom stereocenters. The molecule has 0 heterocycles. The molecule has 13 heteroatoms. The van der Waals surface area contributed by atoms with Crippen LogP contribution in [0, 0.1) is 0 Å². The molecule has 0 aromatic heterocycles. The molecule has 0 aliphatic carbocycles. The van der Waals surface area contributed by atoms with Crippen molar-refractivity contribution in [1.82, 2.24) is 0 Å². The average Bonchev–Trinajstić information content (AvgIpc) is 1.54. The molecule has 0 bridgehead atoms. The van der Waals surface area contributed by atoms with Gasteiger partial charge in [-0.1, -0.05) is 0 Å². The maximum atomic E-state index is 8.70. The molecule has 0 saturated heterocycles. The summed E-state index contributed by atoms with van der Waals surface area (Å²) in [6.07, 6.45) is 0. The van der Waals surface area contributed by atoms with E-state index in [-0.39, 0.29) is 17.4 Å². The summed E-state index contributed by atoms with van der Waals surface area (Å²) in [5.74, 6) is 0. The minimum absolute atomic E-state index is 0. The van der Waals surface area contributed by atoms with Crippen molar-refractivity contribution in [2.24, 2.45) is 0 Å². The van der Waals surface area contributed by atoms with Crippen molar-refractivity contribution in [3.63, 3.8) is 0 Å². The first kappa shape index (κ1) is 23.6. The van der Waals surface area contributed by atoms with E-state index in [1.54, 1.807) is 0 Å². The fourth-order valence-electron chi connectivity index (χ4n) is 0. The van der Waals surface area contributed by atoms with Crippen LogP contribution in [0.5, 0.6) is 0 Å². The second-order valence-corrected chi connectivity index (χ2v) is 2.27. The fourth-order valence-corrected chi connectivity index (χ4v) is 0. The Morgan fingerprint density at radius 2 is 0.538 bits per heavy atom. The summed E-state index contributed by atoms with van der Waals surface area (Å²) in [6.45, 7) is 0. The predicted molar refractivity (Wildman–Crippen MR) is 41.9 cm³/mol. The van der Waals surface area contributed by atoms with Crippen molar-refractivity contribution in [1.29, 1.82) is 0 Å². The van der Waals surface area contributed by atoms with E-state index in [1.165, 1.54) is 0 Å². The van der Waals surface area contributed by atoms with E-state index in [4.69, 9.17) is 43.1 Å². The van der Waals surface area contributed by atoms with Gasteiger partial charge in [-0.2, -0.15) is 0 Å². The van der Waals surface area contributed by atoms with Gasteiger partial charge in [0.1, 0.15) is 0 Å². The smallest absolute Gasteiger partial charge is 0.485 e. The molecule has 78 valence electrons. The fraction of sp³-hybridized carbons (Fsp3) is 0. The molecule has 0 radical (unpaired) electrons. The summed E-state index contributed by atoms with van der Waals surface area (Å²) in [6, 6.07) is 0. The summed E-state index contributed by atoms with van der Waals surface area (Å²) < 4.78 is 26.1. The van der Waals surface area contributed by atoms with Gasteiger partial charge in [0, 0.05) is 0 Å². The molecule has 0 aliphatic rings. The molecule has 6 N–H and O–H groups in total. The van der Waals surface area contributed by atoms with Crippen molar-refractivity contribution < 1.29 is 43.1 Å². The maximum absolute atomic E-state index is 8.70. The first-order valence-corrected chi connectivity index (χ1v) is 5.24. The van der Waals surface area contributed by atoms with Crippen molar-refractivity contribution in [3.8, 4) is 0 Å². The minimum Gasteiger partial charge on any atom is -0.485 e. The van der Waals surface area contributed by atoms with E-state index in [9.17, 15) is 0 Å². The first-order valence-electron chi connectivity index (χ1n) is 1.75. The summed E-state index contributed by atoms with van der Waals surface area (Å²) >= 11 is 0. The molecule has 0 saturated carbocycles. The van der Waals surface area contributed by atoms with E-state index >= 15 is 0 Å². The van der Waals surface area contributed by atoms with Crippen LogP contribution >= 0.6 is 24.8 Å². The molecule has 0 aromatic rings. The largest absolute Gasteiger partial charge is 3.00 e. The Labute approximate surface area is 85.7 Å². The number of hydrogen-bond acceptors (Lipinski definition) is 3. The maximum Gasteiger partial charge on any atom is 3.00 e. The van der Waals surface area contributed by atoms with Gasteiger partial charge in [0.15, 0.2) is 0 Å². The van der Waals surface area contributed by atoms with Gasteiger partial charge in [0.05, 0.1) is 24.8 Å². The van der Waals surface area contributed by atoms with E-state index in [1.807, 2.05) is 0 Å². The molecule has 0 fully saturated rings. The van der Waals surface area contributed by atoms with E-state index in [2.05, 4.69) is 0 Å². The zero-order valence-corrected chi connectivity index (χ0v) is 9.66. The van der Waals surface area contributed by atoms with Crippen LogP contribution in [0.2, 0.25) is 0 Å². The Kier molecular flexibility index (Phi) is 34.0. The van der Waals surface area contributed by atoms with Crippen LogP contribution in [-0.2, 0) is 13.7 Å². The Morgan fingerprint density at radius 3 is 0.538 bits per heavy atom. The topological polar surface area (TPSA) is 173 Å². The SMILES string of the molecule is O=[P-](O)O.O=[P-](O)O.O=[P-](O)O.[Al+3]. The van der Waals surface area contributed by atoms with Gasteiger partial charge in [-0.25, -0.2) is 0 Å². The number of rotatable bonds is 0. The quantitative estimate of drug-likeness (QED) is 0.226. The zero-order chi connectivity index (χ0) is 10.7. The molecule has 13 heavy (non-hydrogen) atoms. The van der Waals surface area contributed by atoms with Crippen molar-refractivity contribution in [2.75, 3.05) is 0 Å². The van der Waals surface area contributed by atoms with Crippen molar-refractivity contribution >= 4 is 42.1 Å². The molecule has 0 amide bonds. The standard InChI is InChI=1S/Al.3H2O3P/c;3*1-4(2)3/h;3*(H2,1,2,3)/q+3;3*-1. The van der Waals surface area contributed by atoms with Crippen LogP contribution in [0.25, 0.3) is 0 Å². The molecule has 0 aromatic carbocycles. The summed E-state index contributed by atoms with van der Waals surface area (Å²) in [7, 11) is -8.61. The molecule has 0 rings (SSSR count). The Morgan fingerprint density at radius 1 is 0.538 bits per heavy atom. The molecule has 0 unspecified atom stereocenters. The molecule has 0 spiro atoms. The van der Waals surface area contributed by atoms with Crippen LogP contribution < -0.4 is 0 Å². The zero-order valence-electron chi connectivity index (χ0n) is 5.83. The second kappa shape index (κ2) is 18.7. The molecule has 9 nitrogen and oxygen atoms in total. The van der Waals surface area contributed by atoms with E-state index in [0.29, 0.717) is 0 Å². The van der Waals surface area contributed by atoms with Crippen LogP contribution in [-0.4, -0.2) is 46.7 Å². The Hall–Kier alpha value is 0.982. The van der Waals surface area contributed by atoms with Gasteiger partial charge in [-0.05, 0) is 0 Å². The van der Waals surface area contributed by atoms with Crippen LogP contribution in [0.1, 0.15) is 0 Å². The van der Waals surface area contributed by atoms with Gasteiger partial charge in [-0.15, -0.1) is 0 Å². The third-order valence-electron chi connectivity index (χ3n) is 0. The van der Waals surface area contributed by atoms with Gasteiger partial charge in [-0.3, -0.25) is 0 Å². The first-order chi connectivity index (χ1) is 5.20. The third kappa shape index (κ3) is 1620. The predicted octanol–water partition coefficient (Wildman–Crippen LogP) is -1.50. The summed E-state index contributed by atoms with van der Waals surface area (Å²) in [5, 5.41) is 0. The third-order valence-corrected chi connectivity index (χ3v) is 0. The summed E-state index contributed by atoms with van der Waals surface area (Å²) in [4.78, 5) is 42.7. The minimum atomic E-state index is -2.87. The van der Waals surface area contributed by atoms with Crippen LogP contribution in [0.4, 0.5) is 0 Å². The average molecular weight is 270 g/mol. The van der Waals surface area contributed by atoms with Gasteiger partial charge in [0.25, 0.3) is 0 Å². The number of hydrogen-bond donors (Lipinski definition) is 6. The summed E-state index contributed by atoms with van der Waals surface area (Å²) in [5.41, 5.74) is 0. The van der Waals surface area contributed by atoms with E-state index < -0.39 is 24.8 Å². The molecular formula is H6AlO9P3. The second-order valence-electron chi connectivity index (χ2n) is 0.758. The monoisotopic (exact) mass is 270 g/mol. The van der Waals surface area contributed by atoms with Gasteiger partial charge >= 0.3 is 17.4 Å². The van der Waals surface area contributed by atoms with Gasteiger partial charge in [0.2, 0.25) is 0 Å². The Balaban J connectivity index is -0.0000000450. The van der Waals surface area contributed by atoms with Crippen LogP contribution in [0.15, 0.2) is 0 Å². The van der Waals surface area contributed by atoms with Crippen molar-refractivity contribution in [2.45, 2.75) is 0 Å². The van der Waals surface area contributed by atoms with E-state index in [0.717, 1.165) is 0 Å². The molecule has 0 aliphatic heterocycles. The normalized spacial score (nSPS) is 8.08. The Bertz CT molecular complexity index is 112. The molecular weight excluding hydrogens is 264 g/mol.